The molecule has 2 N–H and O–H groups in total. The summed E-state index contributed by atoms with van der Waals surface area (Å²) in [4.78, 5) is 11.6. The van der Waals surface area contributed by atoms with E-state index in [2.05, 4.69) is 15.9 Å². The maximum atomic E-state index is 11.6. The molecule has 1 aromatic carbocycles. The van der Waals surface area contributed by atoms with Gasteiger partial charge in [0.1, 0.15) is 5.75 Å². The molecule has 0 bridgehead atoms. The first-order valence-electron chi connectivity index (χ1n) is 4.76. The van der Waals surface area contributed by atoms with Crippen LogP contribution in [0.25, 0.3) is 0 Å². The van der Waals surface area contributed by atoms with Crippen LogP contribution in [0.5, 0.6) is 5.75 Å². The number of carbonyl (C=O) groups is 1. The zero-order chi connectivity index (χ0) is 12.1. The molecule has 5 heteroatoms. The quantitative estimate of drug-likeness (QED) is 0.856. The summed E-state index contributed by atoms with van der Waals surface area (Å²) < 4.78 is 10.7. The van der Waals surface area contributed by atoms with Gasteiger partial charge in [0.15, 0.2) is 0 Å². The van der Waals surface area contributed by atoms with Gasteiger partial charge in [0, 0.05) is 16.6 Å². The maximum Gasteiger partial charge on any atom is 0.314 e. The summed E-state index contributed by atoms with van der Waals surface area (Å²) in [5.41, 5.74) is 6.32. The second-order valence-electron chi connectivity index (χ2n) is 3.17. The van der Waals surface area contributed by atoms with Crippen LogP contribution in [0.1, 0.15) is 11.5 Å². The highest BCUT2D eigenvalue weighted by Crippen LogP contribution is 2.33. The molecule has 1 aromatic rings. The zero-order valence-electron chi connectivity index (χ0n) is 9.20. The third-order valence-corrected chi connectivity index (χ3v) is 2.99. The number of methoxy groups -OCH3 is 2. The summed E-state index contributed by atoms with van der Waals surface area (Å²) in [6, 6.07) is 5.45. The van der Waals surface area contributed by atoms with Gasteiger partial charge >= 0.3 is 5.97 Å². The van der Waals surface area contributed by atoms with Gasteiger partial charge in [-0.2, -0.15) is 0 Å². The molecule has 1 unspecified atom stereocenters. The van der Waals surface area contributed by atoms with Crippen LogP contribution < -0.4 is 10.5 Å². The normalized spacial score (nSPS) is 12.0. The van der Waals surface area contributed by atoms with Crippen molar-refractivity contribution >= 4 is 21.9 Å². The van der Waals surface area contributed by atoms with Crippen LogP contribution in [0, 0.1) is 0 Å². The Morgan fingerprint density at radius 1 is 1.50 bits per heavy atom. The molecule has 0 amide bonds. The molecule has 0 saturated carbocycles. The molecular weight excluding hydrogens is 274 g/mol. The Labute approximate surface area is 103 Å². The molecule has 0 aliphatic rings. The summed E-state index contributed by atoms with van der Waals surface area (Å²) in [7, 11) is 2.89. The van der Waals surface area contributed by atoms with Crippen molar-refractivity contribution in [2.75, 3.05) is 20.8 Å². The molecule has 0 saturated heterocycles. The first-order chi connectivity index (χ1) is 7.65. The van der Waals surface area contributed by atoms with Crippen molar-refractivity contribution in [1.82, 2.24) is 0 Å². The number of rotatable bonds is 4. The Morgan fingerprint density at radius 2 is 2.19 bits per heavy atom. The summed E-state index contributed by atoms with van der Waals surface area (Å²) >= 11 is 3.38. The Hall–Kier alpha value is -1.07. The van der Waals surface area contributed by atoms with Crippen LogP contribution in [-0.4, -0.2) is 26.7 Å². The van der Waals surface area contributed by atoms with Crippen molar-refractivity contribution < 1.29 is 14.3 Å². The number of benzene rings is 1. The zero-order valence-corrected chi connectivity index (χ0v) is 10.8. The lowest BCUT2D eigenvalue weighted by atomic mass is 9.98. The molecule has 1 atom stereocenters. The van der Waals surface area contributed by atoms with Crippen LogP contribution in [0.2, 0.25) is 0 Å². The number of hydrogen-bond donors (Lipinski definition) is 1. The minimum Gasteiger partial charge on any atom is -0.496 e. The van der Waals surface area contributed by atoms with Crippen LogP contribution in [0.15, 0.2) is 22.7 Å². The molecule has 0 aliphatic heterocycles. The largest absolute Gasteiger partial charge is 0.496 e. The number of hydrogen-bond acceptors (Lipinski definition) is 4. The SMILES string of the molecule is COC(=O)C(CN)c1c(Br)cccc1OC. The fraction of sp³-hybridized carbons (Fsp3) is 0.364. The highest BCUT2D eigenvalue weighted by molar-refractivity contribution is 9.10. The fourth-order valence-corrected chi connectivity index (χ4v) is 2.13. The third kappa shape index (κ3) is 2.54. The number of halogens is 1. The van der Waals surface area contributed by atoms with E-state index in [9.17, 15) is 4.79 Å². The minimum atomic E-state index is -0.518. The van der Waals surface area contributed by atoms with E-state index in [1.165, 1.54) is 7.11 Å². The molecule has 16 heavy (non-hydrogen) atoms. The average Bonchev–Trinajstić information content (AvgIpc) is 2.31. The van der Waals surface area contributed by atoms with Gasteiger partial charge in [0.05, 0.1) is 20.1 Å². The van der Waals surface area contributed by atoms with E-state index in [1.54, 1.807) is 13.2 Å². The maximum absolute atomic E-state index is 11.6. The summed E-state index contributed by atoms with van der Waals surface area (Å²) in [6.45, 7) is 0.172. The van der Waals surface area contributed by atoms with Gasteiger partial charge in [0.2, 0.25) is 0 Å². The van der Waals surface area contributed by atoms with Crippen LogP contribution in [-0.2, 0) is 9.53 Å². The lowest BCUT2D eigenvalue weighted by Gasteiger charge is -2.17. The van der Waals surface area contributed by atoms with E-state index in [0.29, 0.717) is 5.75 Å². The van der Waals surface area contributed by atoms with Gasteiger partial charge in [-0.1, -0.05) is 22.0 Å². The van der Waals surface area contributed by atoms with Crippen LogP contribution in [0.3, 0.4) is 0 Å². The van der Waals surface area contributed by atoms with Crippen molar-refractivity contribution in [3.05, 3.63) is 28.2 Å². The first-order valence-corrected chi connectivity index (χ1v) is 5.55. The number of carbonyl (C=O) groups excluding carboxylic acids is 1. The van der Waals surface area contributed by atoms with E-state index >= 15 is 0 Å². The smallest absolute Gasteiger partial charge is 0.314 e. The summed E-state index contributed by atoms with van der Waals surface area (Å²) in [5, 5.41) is 0. The molecule has 4 nitrogen and oxygen atoms in total. The molecule has 0 radical (unpaired) electrons. The van der Waals surface area contributed by atoms with Gasteiger partial charge in [-0.25, -0.2) is 0 Å². The van der Waals surface area contributed by atoms with Crippen molar-refractivity contribution in [2.45, 2.75) is 5.92 Å². The van der Waals surface area contributed by atoms with Crippen molar-refractivity contribution in [1.29, 1.82) is 0 Å². The van der Waals surface area contributed by atoms with Gasteiger partial charge in [-0.05, 0) is 12.1 Å². The van der Waals surface area contributed by atoms with E-state index < -0.39 is 5.92 Å². The standard InChI is InChI=1S/C11H14BrNO3/c1-15-9-5-3-4-8(12)10(9)7(6-13)11(14)16-2/h3-5,7H,6,13H2,1-2H3. The molecule has 0 aliphatic carbocycles. The number of esters is 1. The fourth-order valence-electron chi connectivity index (χ4n) is 1.51. The van der Waals surface area contributed by atoms with Gasteiger partial charge in [0.25, 0.3) is 0 Å². The van der Waals surface area contributed by atoms with Gasteiger partial charge in [-0.15, -0.1) is 0 Å². The minimum absolute atomic E-state index is 0.172. The molecule has 0 spiro atoms. The van der Waals surface area contributed by atoms with E-state index in [0.717, 1.165) is 10.0 Å². The third-order valence-electron chi connectivity index (χ3n) is 2.30. The Balaban J connectivity index is 3.22. The monoisotopic (exact) mass is 287 g/mol. The second kappa shape index (κ2) is 5.86. The molecule has 0 aromatic heterocycles. The molecular formula is C11H14BrNO3. The van der Waals surface area contributed by atoms with Crippen molar-refractivity contribution in [3.8, 4) is 5.75 Å². The molecule has 1 rings (SSSR count). The molecule has 0 heterocycles. The summed E-state index contributed by atoms with van der Waals surface area (Å²) in [6.07, 6.45) is 0. The van der Waals surface area contributed by atoms with Crippen LogP contribution >= 0.6 is 15.9 Å². The van der Waals surface area contributed by atoms with E-state index in [1.807, 2.05) is 12.1 Å². The van der Waals surface area contributed by atoms with Crippen molar-refractivity contribution in [2.24, 2.45) is 5.73 Å². The predicted molar refractivity (Wildman–Crippen MR) is 64.5 cm³/mol. The first kappa shape index (κ1) is 13.0. The van der Waals surface area contributed by atoms with Crippen molar-refractivity contribution in [3.63, 3.8) is 0 Å². The lowest BCUT2D eigenvalue weighted by Crippen LogP contribution is -2.23. The van der Waals surface area contributed by atoms with E-state index in [-0.39, 0.29) is 12.5 Å². The predicted octanol–water partition coefficient (Wildman–Crippen LogP) is 1.67. The average molecular weight is 288 g/mol. The molecule has 88 valence electrons. The van der Waals surface area contributed by atoms with E-state index in [4.69, 9.17) is 15.2 Å². The van der Waals surface area contributed by atoms with Gasteiger partial charge in [-0.3, -0.25) is 4.79 Å². The summed E-state index contributed by atoms with van der Waals surface area (Å²) in [5.74, 6) is -0.265. The Kier molecular flexibility index (Phi) is 4.76. The number of nitrogens with two attached hydrogens (primary N) is 1. The Morgan fingerprint density at radius 3 is 2.69 bits per heavy atom. The second-order valence-corrected chi connectivity index (χ2v) is 4.02. The van der Waals surface area contributed by atoms with Gasteiger partial charge < -0.3 is 15.2 Å². The van der Waals surface area contributed by atoms with Crippen LogP contribution in [0.4, 0.5) is 0 Å². The highest BCUT2D eigenvalue weighted by Gasteiger charge is 2.25. The number of ether oxygens (including phenoxy) is 2. The topological polar surface area (TPSA) is 61.5 Å². The lowest BCUT2D eigenvalue weighted by molar-refractivity contribution is -0.142. The molecule has 0 fully saturated rings. The highest BCUT2D eigenvalue weighted by atomic mass is 79.9. The Bertz CT molecular complexity index is 381.